The Morgan fingerprint density at radius 3 is 2.12 bits per heavy atom. The van der Waals surface area contributed by atoms with Gasteiger partial charge in [-0.3, -0.25) is 0 Å². The van der Waals surface area contributed by atoms with Gasteiger partial charge in [-0.25, -0.2) is 0 Å². The first-order valence-corrected chi connectivity index (χ1v) is 15.8. The van der Waals surface area contributed by atoms with E-state index >= 15 is 0 Å². The van der Waals surface area contributed by atoms with E-state index in [1.54, 1.807) is 20.8 Å². The third-order valence-corrected chi connectivity index (χ3v) is 8.18. The zero-order chi connectivity index (χ0) is 29.4. The van der Waals surface area contributed by atoms with Crippen LogP contribution in [0.25, 0.3) is 0 Å². The molecule has 40 heavy (non-hydrogen) atoms. The molecule has 3 unspecified atom stereocenters. The van der Waals surface area contributed by atoms with Gasteiger partial charge in [-0.15, -0.1) is 0 Å². The fraction of sp³-hybridized carbons (Fsp3) is 0.467. The number of hydrogen-bond acceptors (Lipinski definition) is 7. The van der Waals surface area contributed by atoms with Crippen molar-refractivity contribution in [1.82, 2.24) is 10.6 Å². The molecule has 2 N–H and O–H groups in total. The number of amides is 2. The summed E-state index contributed by atoms with van der Waals surface area (Å²) in [7, 11) is 0. The second-order valence-electron chi connectivity index (χ2n) is 10.2. The molecule has 0 aliphatic heterocycles. The second-order valence-corrected chi connectivity index (χ2v) is 13.2. The van der Waals surface area contributed by atoms with Gasteiger partial charge in [0.05, 0.1) is 0 Å². The van der Waals surface area contributed by atoms with Gasteiger partial charge in [0.25, 0.3) is 0 Å². The summed E-state index contributed by atoms with van der Waals surface area (Å²) in [5, 5.41) is 5.51. The Morgan fingerprint density at radius 1 is 0.900 bits per heavy atom. The average molecular weight is 617 g/mol. The van der Waals surface area contributed by atoms with Gasteiger partial charge in [0.15, 0.2) is 0 Å². The number of nitrogens with one attached hydrogen (secondary N) is 2. The summed E-state index contributed by atoms with van der Waals surface area (Å²) in [6.45, 7) is 7.86. The summed E-state index contributed by atoms with van der Waals surface area (Å²) in [5.41, 5.74) is 1.10. The van der Waals surface area contributed by atoms with Gasteiger partial charge in [0, 0.05) is 0 Å². The Balaban J connectivity index is 2.07. The number of alkyl carbamates (subject to hydrolysis) is 1. The molecule has 0 spiro atoms. The molecule has 10 heteroatoms. The molecule has 0 saturated carbocycles. The van der Waals surface area contributed by atoms with E-state index in [9.17, 15) is 19.2 Å². The average Bonchev–Trinajstić information content (AvgIpc) is 2.92. The molecule has 0 bridgehead atoms. The van der Waals surface area contributed by atoms with E-state index in [2.05, 4.69) is 10.6 Å². The zero-order valence-electron chi connectivity index (χ0n) is 23.7. The molecule has 9 nitrogen and oxygen atoms in total. The molecular weight excluding hydrogens is 575 g/mol. The minimum absolute atomic E-state index is 0.123. The Hall–Kier alpha value is -3.32. The standard InChI is InChI=1S/C30H41AsN2O7/c1-5-19-38-27(35)25(20-22-13-8-6-9-14-22)33-26(34)24(17-12-18-32-29(37)40-30(2,3)4)31-28(36)39-21-23-15-10-7-11-16-23/h6-11,13-16,24-25,31H,5,12,17-21H2,1-4H3,(H,32,37)(H,33,34). The van der Waals surface area contributed by atoms with Crippen LogP contribution < -0.4 is 10.6 Å². The van der Waals surface area contributed by atoms with Crippen LogP contribution in [0.3, 0.4) is 0 Å². The number of benzene rings is 2. The van der Waals surface area contributed by atoms with Crippen molar-refractivity contribution in [3.8, 4) is 0 Å². The number of carbonyl (C=O) groups is 4. The zero-order valence-corrected chi connectivity index (χ0v) is 25.8. The Morgan fingerprint density at radius 2 is 1.52 bits per heavy atom. The molecule has 2 amide bonds. The first kappa shape index (κ1) is 32.9. The van der Waals surface area contributed by atoms with Gasteiger partial charge in [0.2, 0.25) is 0 Å². The van der Waals surface area contributed by atoms with E-state index in [-0.39, 0.29) is 26.2 Å². The van der Waals surface area contributed by atoms with Crippen molar-refractivity contribution in [3.63, 3.8) is 0 Å². The van der Waals surface area contributed by atoms with E-state index in [1.807, 2.05) is 67.6 Å². The van der Waals surface area contributed by atoms with Gasteiger partial charge >= 0.3 is 244 Å². The summed E-state index contributed by atoms with van der Waals surface area (Å²) in [6.07, 6.45) is 1.15. The van der Waals surface area contributed by atoms with Crippen molar-refractivity contribution in [2.75, 3.05) is 13.2 Å². The molecule has 0 aromatic heterocycles. The number of rotatable bonds is 15. The first-order chi connectivity index (χ1) is 19.1. The molecule has 0 radical (unpaired) electrons. The topological polar surface area (TPSA) is 120 Å². The molecule has 218 valence electrons. The Kier molecular flexibility index (Phi) is 14.3. The minimum atomic E-state index is -1.56. The SMILES string of the molecule is CCCOC(=O)C(Cc1ccccc1)NC(=O)C(CCCNC(=O)OC(C)(C)C)[AsH]C(=O)OCc1ccccc1. The molecular formula is C30H41AsN2O7. The second kappa shape index (κ2) is 17.4. The van der Waals surface area contributed by atoms with E-state index in [1.165, 1.54) is 0 Å². The van der Waals surface area contributed by atoms with Crippen molar-refractivity contribution in [2.45, 2.75) is 76.3 Å². The van der Waals surface area contributed by atoms with E-state index in [4.69, 9.17) is 14.2 Å². The van der Waals surface area contributed by atoms with Crippen molar-refractivity contribution < 1.29 is 33.4 Å². The van der Waals surface area contributed by atoms with Crippen LogP contribution in [0.4, 0.5) is 9.59 Å². The Labute approximate surface area is 243 Å². The number of esters is 1. The van der Waals surface area contributed by atoms with Gasteiger partial charge in [-0.2, -0.15) is 0 Å². The fourth-order valence-corrected chi connectivity index (χ4v) is 5.71. The van der Waals surface area contributed by atoms with Crippen molar-refractivity contribution in [1.29, 1.82) is 0 Å². The quantitative estimate of drug-likeness (QED) is 0.131. The predicted octanol–water partition coefficient (Wildman–Crippen LogP) is 4.53. The molecule has 0 aliphatic rings. The van der Waals surface area contributed by atoms with Crippen molar-refractivity contribution in [3.05, 3.63) is 71.8 Å². The molecule has 0 aliphatic carbocycles. The number of carbonyl (C=O) groups excluding carboxylic acids is 4. The third-order valence-electron chi connectivity index (χ3n) is 5.49. The summed E-state index contributed by atoms with van der Waals surface area (Å²) in [4.78, 5) is 51.0. The molecule has 2 aromatic carbocycles. The van der Waals surface area contributed by atoms with Crippen LogP contribution >= 0.6 is 0 Å². The van der Waals surface area contributed by atoms with Gasteiger partial charge in [-0.05, 0) is 0 Å². The Bertz CT molecular complexity index is 1070. The van der Waals surface area contributed by atoms with Gasteiger partial charge < -0.3 is 0 Å². The summed E-state index contributed by atoms with van der Waals surface area (Å²) in [6, 6.07) is 17.8. The predicted molar refractivity (Wildman–Crippen MR) is 154 cm³/mol. The van der Waals surface area contributed by atoms with Crippen LogP contribution in [-0.4, -0.2) is 63.3 Å². The summed E-state index contributed by atoms with van der Waals surface area (Å²) in [5.74, 6) is -0.917. The van der Waals surface area contributed by atoms with E-state index in [0.717, 1.165) is 11.1 Å². The van der Waals surface area contributed by atoms with Crippen LogP contribution in [0.1, 0.15) is 58.1 Å². The van der Waals surface area contributed by atoms with Crippen LogP contribution in [0.5, 0.6) is 0 Å². The van der Waals surface area contributed by atoms with Crippen molar-refractivity contribution in [2.24, 2.45) is 0 Å². The van der Waals surface area contributed by atoms with Gasteiger partial charge in [-0.1, -0.05) is 0 Å². The monoisotopic (exact) mass is 616 g/mol. The number of ether oxygens (including phenoxy) is 3. The molecule has 0 saturated heterocycles. The van der Waals surface area contributed by atoms with E-state index in [0.29, 0.717) is 19.3 Å². The normalized spacial score (nSPS) is 12.8. The van der Waals surface area contributed by atoms with Gasteiger partial charge in [0.1, 0.15) is 0 Å². The van der Waals surface area contributed by atoms with Crippen LogP contribution in [0, 0.1) is 0 Å². The third kappa shape index (κ3) is 13.7. The maximum absolute atomic E-state index is 13.4. The summed E-state index contributed by atoms with van der Waals surface area (Å²) >= 11 is -1.56. The van der Waals surface area contributed by atoms with Crippen molar-refractivity contribution >= 4 is 38.5 Å². The van der Waals surface area contributed by atoms with Crippen LogP contribution in [0.15, 0.2) is 60.7 Å². The first-order valence-electron chi connectivity index (χ1n) is 13.5. The number of hydrogen-bond donors (Lipinski definition) is 2. The molecule has 0 heterocycles. The molecule has 2 rings (SSSR count). The van der Waals surface area contributed by atoms with Crippen LogP contribution in [-0.2, 0) is 36.8 Å². The van der Waals surface area contributed by atoms with Crippen LogP contribution in [0.2, 0.25) is 4.71 Å². The molecule has 2 aromatic rings. The molecule has 0 fully saturated rings. The maximum atomic E-state index is 13.4. The fourth-order valence-electron chi connectivity index (χ4n) is 3.61. The summed E-state index contributed by atoms with van der Waals surface area (Å²) < 4.78 is 15.0. The van der Waals surface area contributed by atoms with E-state index < -0.39 is 54.8 Å². The molecule has 3 atom stereocenters.